The number of nitro benzene ring substituents is 1. The smallest absolute Gasteiger partial charge is 0.416 e. The van der Waals surface area contributed by atoms with Crippen molar-refractivity contribution >= 4 is 34.6 Å². The lowest BCUT2D eigenvalue weighted by molar-refractivity contribution is -0.383. The van der Waals surface area contributed by atoms with Gasteiger partial charge in [-0.1, -0.05) is 0 Å². The number of rotatable bonds is 6. The monoisotopic (exact) mass is 482 g/mol. The fourth-order valence-electron chi connectivity index (χ4n) is 3.24. The first-order chi connectivity index (χ1) is 16.0. The predicted octanol–water partition coefficient (Wildman–Crippen LogP) is 3.22. The average Bonchev–Trinajstić information content (AvgIpc) is 2.79. The summed E-state index contributed by atoms with van der Waals surface area (Å²) >= 11 is 0. The van der Waals surface area contributed by atoms with E-state index in [2.05, 4.69) is 5.32 Å². The highest BCUT2D eigenvalue weighted by Crippen LogP contribution is 2.36. The van der Waals surface area contributed by atoms with E-state index in [1.807, 2.05) is 0 Å². The normalized spacial score (nSPS) is 14.9. The van der Waals surface area contributed by atoms with Crippen LogP contribution in [0.5, 0.6) is 0 Å². The summed E-state index contributed by atoms with van der Waals surface area (Å²) in [5, 5.41) is 13.4. The number of ether oxygens (including phenoxy) is 2. The highest BCUT2D eigenvalue weighted by molar-refractivity contribution is 5.99. The Morgan fingerprint density at radius 3 is 2.50 bits per heavy atom. The Labute approximate surface area is 191 Å². The van der Waals surface area contributed by atoms with E-state index in [-0.39, 0.29) is 16.9 Å². The van der Waals surface area contributed by atoms with Gasteiger partial charge in [0, 0.05) is 19.2 Å². The molecule has 0 radical (unpaired) electrons. The fraction of sp³-hybridized carbons (Fsp3) is 0.333. The molecule has 1 atom stereocenters. The predicted molar refractivity (Wildman–Crippen MR) is 115 cm³/mol. The van der Waals surface area contributed by atoms with Gasteiger partial charge >= 0.3 is 12.1 Å². The van der Waals surface area contributed by atoms with E-state index >= 15 is 0 Å². The van der Waals surface area contributed by atoms with E-state index in [1.54, 1.807) is 4.90 Å². The van der Waals surface area contributed by atoms with E-state index in [1.165, 1.54) is 19.1 Å². The van der Waals surface area contributed by atoms with Crippen LogP contribution >= 0.6 is 0 Å². The number of alkyl halides is 3. The maximum absolute atomic E-state index is 13.2. The number of halogens is 3. The maximum atomic E-state index is 13.2. The molecule has 13 heteroatoms. The van der Waals surface area contributed by atoms with Crippen molar-refractivity contribution in [3.05, 3.63) is 57.6 Å². The van der Waals surface area contributed by atoms with E-state index in [0.717, 1.165) is 24.3 Å². The second-order valence-corrected chi connectivity index (χ2v) is 7.40. The van der Waals surface area contributed by atoms with Crippen molar-refractivity contribution in [2.24, 2.45) is 0 Å². The van der Waals surface area contributed by atoms with Gasteiger partial charge in [-0.05, 0) is 37.3 Å². The van der Waals surface area contributed by atoms with Gasteiger partial charge in [0.25, 0.3) is 11.6 Å². The summed E-state index contributed by atoms with van der Waals surface area (Å²) in [5.41, 5.74) is 3.91. The number of nitrogens with zero attached hydrogens (tertiary/aromatic N) is 2. The third-order valence-electron chi connectivity index (χ3n) is 5.05. The van der Waals surface area contributed by atoms with Crippen molar-refractivity contribution in [3.8, 4) is 0 Å². The molecule has 1 aliphatic heterocycles. The first-order valence-electron chi connectivity index (χ1n) is 10.1. The number of anilines is 3. The number of carbonyl (C=O) groups is 2. The lowest BCUT2D eigenvalue weighted by atomic mass is 10.1. The number of nitrogens with one attached hydrogen (secondary N) is 1. The zero-order valence-electron chi connectivity index (χ0n) is 17.9. The van der Waals surface area contributed by atoms with Crippen molar-refractivity contribution in [2.45, 2.75) is 19.2 Å². The maximum Gasteiger partial charge on any atom is 0.416 e. The molecule has 0 spiro atoms. The van der Waals surface area contributed by atoms with E-state index in [4.69, 9.17) is 15.2 Å². The van der Waals surface area contributed by atoms with Crippen LogP contribution in [0.3, 0.4) is 0 Å². The summed E-state index contributed by atoms with van der Waals surface area (Å²) in [5.74, 6) is -1.92. The summed E-state index contributed by atoms with van der Waals surface area (Å²) in [7, 11) is 0. The SMILES string of the molecule is C[C@H](OC(=O)c1ccc(N)c([N+](=O)[O-])c1)C(=O)Nc1cc(C(F)(F)F)ccc1N1CCOCC1. The second-order valence-electron chi connectivity index (χ2n) is 7.40. The van der Waals surface area contributed by atoms with E-state index in [9.17, 15) is 32.9 Å². The van der Waals surface area contributed by atoms with E-state index in [0.29, 0.717) is 32.0 Å². The molecule has 0 bridgehead atoms. The minimum absolute atomic E-state index is 0.104. The Hall–Kier alpha value is -3.87. The topological polar surface area (TPSA) is 137 Å². The highest BCUT2D eigenvalue weighted by Gasteiger charge is 2.32. The summed E-state index contributed by atoms with van der Waals surface area (Å²) in [6.45, 7) is 2.79. The Kier molecular flexibility index (Phi) is 7.25. The molecule has 3 rings (SSSR count). The van der Waals surface area contributed by atoms with Crippen LogP contribution in [0.25, 0.3) is 0 Å². The molecular formula is C21H21F3N4O6. The quantitative estimate of drug-likeness (QED) is 0.277. The number of amides is 1. The average molecular weight is 482 g/mol. The first kappa shape index (κ1) is 24.8. The molecule has 1 amide bonds. The van der Waals surface area contributed by atoms with Crippen molar-refractivity contribution in [1.82, 2.24) is 0 Å². The molecule has 1 fully saturated rings. The molecular weight excluding hydrogens is 461 g/mol. The van der Waals surface area contributed by atoms with Gasteiger partial charge in [0.1, 0.15) is 5.69 Å². The van der Waals surface area contributed by atoms with Gasteiger partial charge in [-0.25, -0.2) is 4.79 Å². The molecule has 1 saturated heterocycles. The summed E-state index contributed by atoms with van der Waals surface area (Å²) < 4.78 is 50.0. The van der Waals surface area contributed by atoms with Crippen molar-refractivity contribution < 1.29 is 37.2 Å². The van der Waals surface area contributed by atoms with Gasteiger partial charge in [0.15, 0.2) is 6.10 Å². The molecule has 10 nitrogen and oxygen atoms in total. The molecule has 0 saturated carbocycles. The number of nitrogens with two attached hydrogens (primary N) is 1. The minimum Gasteiger partial charge on any atom is -0.449 e. The number of carbonyl (C=O) groups excluding carboxylic acids is 2. The van der Waals surface area contributed by atoms with Crippen LogP contribution in [0.15, 0.2) is 36.4 Å². The number of hydrogen-bond acceptors (Lipinski definition) is 8. The van der Waals surface area contributed by atoms with Gasteiger partial charge < -0.3 is 25.4 Å². The van der Waals surface area contributed by atoms with Gasteiger partial charge in [0.2, 0.25) is 0 Å². The first-order valence-corrected chi connectivity index (χ1v) is 10.1. The minimum atomic E-state index is -4.63. The summed E-state index contributed by atoms with van der Waals surface area (Å²) in [6, 6.07) is 6.23. The number of morpholine rings is 1. The molecule has 3 N–H and O–H groups in total. The number of esters is 1. The van der Waals surface area contributed by atoms with Gasteiger partial charge in [-0.15, -0.1) is 0 Å². The van der Waals surface area contributed by atoms with Crippen molar-refractivity contribution in [1.29, 1.82) is 0 Å². The van der Waals surface area contributed by atoms with E-state index < -0.39 is 40.3 Å². The Balaban J connectivity index is 1.79. The van der Waals surface area contributed by atoms with Crippen molar-refractivity contribution in [3.63, 3.8) is 0 Å². The second kappa shape index (κ2) is 9.95. The lowest BCUT2D eigenvalue weighted by Gasteiger charge is -2.31. The number of hydrogen-bond donors (Lipinski definition) is 2. The molecule has 1 aliphatic rings. The fourth-order valence-corrected chi connectivity index (χ4v) is 3.24. The zero-order valence-corrected chi connectivity index (χ0v) is 17.9. The van der Waals surface area contributed by atoms with Crippen molar-refractivity contribution in [2.75, 3.05) is 42.3 Å². The highest BCUT2D eigenvalue weighted by atomic mass is 19.4. The van der Waals surface area contributed by atoms with Gasteiger partial charge in [-0.2, -0.15) is 13.2 Å². The molecule has 2 aromatic rings. The molecule has 0 aliphatic carbocycles. The molecule has 0 unspecified atom stereocenters. The van der Waals surface area contributed by atoms with Crippen LogP contribution in [0, 0.1) is 10.1 Å². The van der Waals surface area contributed by atoms with Crippen LogP contribution in [0.4, 0.5) is 35.9 Å². The van der Waals surface area contributed by atoms with Crippen LogP contribution in [0.1, 0.15) is 22.8 Å². The number of nitro groups is 1. The number of benzene rings is 2. The van der Waals surface area contributed by atoms with Crippen LogP contribution in [-0.4, -0.2) is 49.2 Å². The molecule has 2 aromatic carbocycles. The Morgan fingerprint density at radius 2 is 1.88 bits per heavy atom. The largest absolute Gasteiger partial charge is 0.449 e. The molecule has 0 aromatic heterocycles. The van der Waals surface area contributed by atoms with Gasteiger partial charge in [0.05, 0.1) is 40.6 Å². The molecule has 1 heterocycles. The third-order valence-corrected chi connectivity index (χ3v) is 5.05. The van der Waals surface area contributed by atoms with Gasteiger partial charge in [-0.3, -0.25) is 14.9 Å². The Morgan fingerprint density at radius 1 is 1.21 bits per heavy atom. The summed E-state index contributed by atoms with van der Waals surface area (Å²) in [4.78, 5) is 37.0. The lowest BCUT2D eigenvalue weighted by Crippen LogP contribution is -2.37. The van der Waals surface area contributed by atoms with Crippen LogP contribution < -0.4 is 16.0 Å². The van der Waals surface area contributed by atoms with Crippen LogP contribution in [0.2, 0.25) is 0 Å². The third kappa shape index (κ3) is 5.73. The summed E-state index contributed by atoms with van der Waals surface area (Å²) in [6.07, 6.45) is -6.05. The van der Waals surface area contributed by atoms with Crippen LogP contribution in [-0.2, 0) is 20.4 Å². The number of nitrogen functional groups attached to an aromatic ring is 1. The standard InChI is InChI=1S/C21H21F3N4O6/c1-12(34-20(30)13-2-4-15(25)18(10-13)28(31)32)19(29)26-16-11-14(21(22,23)24)3-5-17(16)27-6-8-33-9-7-27/h2-5,10-12H,6-9,25H2,1H3,(H,26,29)/t12-/m0/s1. The molecule has 182 valence electrons. The molecule has 34 heavy (non-hydrogen) atoms. The zero-order chi connectivity index (χ0) is 25.0. The Bertz CT molecular complexity index is 1100.